The molecule has 2 aliphatic rings. The van der Waals surface area contributed by atoms with Crippen LogP contribution in [0, 0.1) is 0 Å². The second-order valence-electron chi connectivity index (χ2n) is 7.96. The van der Waals surface area contributed by atoms with Crippen LogP contribution in [0.3, 0.4) is 0 Å². The normalized spacial score (nSPS) is 17.7. The summed E-state index contributed by atoms with van der Waals surface area (Å²) in [5.74, 6) is 0.0684. The molecule has 0 unspecified atom stereocenters. The lowest BCUT2D eigenvalue weighted by atomic mass is 10.1. The average molecular weight is 423 g/mol. The van der Waals surface area contributed by atoms with Gasteiger partial charge in [0.25, 0.3) is 5.91 Å². The van der Waals surface area contributed by atoms with Gasteiger partial charge < -0.3 is 4.90 Å². The predicted octanol–water partition coefficient (Wildman–Crippen LogP) is 1.49. The van der Waals surface area contributed by atoms with Crippen molar-refractivity contribution in [1.82, 2.24) is 4.31 Å². The quantitative estimate of drug-likeness (QED) is 0.678. The molecule has 0 radical (unpaired) electrons. The van der Waals surface area contributed by atoms with E-state index in [1.165, 1.54) is 4.90 Å². The maximum atomic E-state index is 13.0. The number of hydrogen-bond donors (Lipinski definition) is 1. The van der Waals surface area contributed by atoms with E-state index in [9.17, 15) is 13.2 Å². The zero-order chi connectivity index (χ0) is 20.7. The standard InChI is InChI=1S/C23H23N3O3S/c27-23-20-10-4-8-19-9-5-11-21(22(19)20)26(23)17-24-12-14-25(15-13-24)30(28,29)16-18-6-2-1-3-7-18/h1-11H,12-17H2/p+1. The molecule has 1 amide bonds. The van der Waals surface area contributed by atoms with Crippen LogP contribution >= 0.6 is 0 Å². The van der Waals surface area contributed by atoms with Gasteiger partial charge in [-0.15, -0.1) is 0 Å². The lowest BCUT2D eigenvalue weighted by Crippen LogP contribution is -3.16. The Morgan fingerprint density at radius 2 is 1.57 bits per heavy atom. The number of carbonyl (C=O) groups excluding carboxylic acids is 1. The first-order valence-electron chi connectivity index (χ1n) is 10.2. The Balaban J connectivity index is 1.26. The van der Waals surface area contributed by atoms with Crippen molar-refractivity contribution >= 4 is 32.4 Å². The lowest BCUT2D eigenvalue weighted by molar-refractivity contribution is -0.902. The van der Waals surface area contributed by atoms with Gasteiger partial charge in [0.05, 0.1) is 43.2 Å². The smallest absolute Gasteiger partial charge is 0.263 e. The molecule has 3 aromatic rings. The van der Waals surface area contributed by atoms with Crippen molar-refractivity contribution in [1.29, 1.82) is 0 Å². The molecule has 0 saturated carbocycles. The molecule has 0 atom stereocenters. The summed E-state index contributed by atoms with van der Waals surface area (Å²) in [4.78, 5) is 16.1. The van der Waals surface area contributed by atoms with Crippen LogP contribution in [0.4, 0.5) is 5.69 Å². The van der Waals surface area contributed by atoms with Gasteiger partial charge in [-0.3, -0.25) is 9.69 Å². The van der Waals surface area contributed by atoms with Crippen LogP contribution < -0.4 is 9.80 Å². The number of piperazine rings is 1. The maximum Gasteiger partial charge on any atom is 0.263 e. The molecule has 0 bridgehead atoms. The van der Waals surface area contributed by atoms with Gasteiger partial charge in [0.1, 0.15) is 0 Å². The fraction of sp³-hybridized carbons (Fsp3) is 0.261. The highest BCUT2D eigenvalue weighted by Crippen LogP contribution is 2.36. The number of sulfonamides is 1. The fourth-order valence-electron chi connectivity index (χ4n) is 4.47. The first-order valence-corrected chi connectivity index (χ1v) is 11.8. The fourth-order valence-corrected chi connectivity index (χ4v) is 6.01. The minimum atomic E-state index is -3.33. The van der Waals surface area contributed by atoms with Crippen LogP contribution in [0.2, 0.25) is 0 Å². The second kappa shape index (κ2) is 7.50. The van der Waals surface area contributed by atoms with Gasteiger partial charge in [-0.25, -0.2) is 8.42 Å². The molecule has 30 heavy (non-hydrogen) atoms. The van der Waals surface area contributed by atoms with Gasteiger partial charge in [-0.05, 0) is 23.1 Å². The molecule has 3 aromatic carbocycles. The molecule has 0 aromatic heterocycles. The maximum absolute atomic E-state index is 13.0. The van der Waals surface area contributed by atoms with Gasteiger partial charge in [0, 0.05) is 5.39 Å². The minimum absolute atomic E-state index is 0.0328. The van der Waals surface area contributed by atoms with Crippen LogP contribution in [-0.2, 0) is 15.8 Å². The Morgan fingerprint density at radius 3 is 2.30 bits per heavy atom. The third-order valence-corrected chi connectivity index (χ3v) is 7.90. The van der Waals surface area contributed by atoms with Gasteiger partial charge in [0.15, 0.2) is 6.67 Å². The monoisotopic (exact) mass is 422 g/mol. The van der Waals surface area contributed by atoms with Crippen LogP contribution in [0.1, 0.15) is 15.9 Å². The van der Waals surface area contributed by atoms with Crippen LogP contribution in [0.15, 0.2) is 66.7 Å². The molecule has 6 nitrogen and oxygen atoms in total. The Bertz CT molecular complexity index is 1200. The van der Waals surface area contributed by atoms with Gasteiger partial charge in [0.2, 0.25) is 10.0 Å². The summed E-state index contributed by atoms with van der Waals surface area (Å²) in [6.45, 7) is 2.88. The molecular weight excluding hydrogens is 398 g/mol. The van der Waals surface area contributed by atoms with E-state index in [2.05, 4.69) is 0 Å². The van der Waals surface area contributed by atoms with Crippen LogP contribution in [0.25, 0.3) is 10.8 Å². The van der Waals surface area contributed by atoms with Crippen LogP contribution in [-0.4, -0.2) is 51.5 Å². The van der Waals surface area contributed by atoms with Gasteiger partial charge in [-0.2, -0.15) is 4.31 Å². The van der Waals surface area contributed by atoms with Crippen molar-refractivity contribution in [3.8, 4) is 0 Å². The Hall–Kier alpha value is -2.74. The van der Waals surface area contributed by atoms with Crippen molar-refractivity contribution in [3.05, 3.63) is 77.9 Å². The average Bonchev–Trinajstić information content (AvgIpc) is 3.03. The number of quaternary nitrogens is 1. The second-order valence-corrected chi connectivity index (χ2v) is 9.93. The molecule has 1 saturated heterocycles. The number of hydrogen-bond acceptors (Lipinski definition) is 3. The Morgan fingerprint density at radius 1 is 0.867 bits per heavy atom. The highest BCUT2D eigenvalue weighted by Gasteiger charge is 2.35. The summed E-state index contributed by atoms with van der Waals surface area (Å²) in [7, 11) is -3.33. The van der Waals surface area contributed by atoms with E-state index in [1.807, 2.05) is 71.6 Å². The highest BCUT2D eigenvalue weighted by molar-refractivity contribution is 7.88. The number of carbonyl (C=O) groups is 1. The molecule has 1 N–H and O–H groups in total. The summed E-state index contributed by atoms with van der Waals surface area (Å²) in [6, 6.07) is 21.1. The molecule has 1 fully saturated rings. The topological polar surface area (TPSA) is 62.1 Å². The van der Waals surface area contributed by atoms with Gasteiger partial charge in [-0.1, -0.05) is 54.6 Å². The van der Waals surface area contributed by atoms with E-state index in [0.717, 1.165) is 27.6 Å². The Kier molecular flexibility index (Phi) is 4.81. The largest absolute Gasteiger partial charge is 0.315 e. The molecule has 0 aliphatic carbocycles. The van der Waals surface area contributed by atoms with Crippen molar-refractivity contribution in [3.63, 3.8) is 0 Å². The summed E-state index contributed by atoms with van der Waals surface area (Å²) in [5.41, 5.74) is 2.52. The number of nitrogens with one attached hydrogen (secondary N) is 1. The number of amides is 1. The van der Waals surface area contributed by atoms with Crippen LogP contribution in [0.5, 0.6) is 0 Å². The minimum Gasteiger partial charge on any atom is -0.315 e. The molecule has 7 heteroatoms. The number of benzene rings is 3. The number of rotatable bonds is 5. The summed E-state index contributed by atoms with van der Waals surface area (Å²) >= 11 is 0. The van der Waals surface area contributed by atoms with E-state index in [1.54, 1.807) is 4.31 Å². The number of nitrogens with zero attached hydrogens (tertiary/aromatic N) is 2. The molecule has 5 rings (SSSR count). The first-order chi connectivity index (χ1) is 14.5. The zero-order valence-corrected chi connectivity index (χ0v) is 17.4. The van der Waals surface area contributed by atoms with E-state index in [-0.39, 0.29) is 11.7 Å². The van der Waals surface area contributed by atoms with Crippen molar-refractivity contribution < 1.29 is 18.1 Å². The zero-order valence-electron chi connectivity index (χ0n) is 16.6. The molecule has 154 valence electrons. The van der Waals surface area contributed by atoms with E-state index in [4.69, 9.17) is 0 Å². The van der Waals surface area contributed by atoms with Crippen molar-refractivity contribution in [2.45, 2.75) is 5.75 Å². The molecule has 2 heterocycles. The predicted molar refractivity (Wildman–Crippen MR) is 117 cm³/mol. The molecule has 2 aliphatic heterocycles. The number of anilines is 1. The Labute approximate surface area is 176 Å². The van der Waals surface area contributed by atoms with E-state index < -0.39 is 10.0 Å². The van der Waals surface area contributed by atoms with E-state index in [0.29, 0.717) is 32.8 Å². The first kappa shape index (κ1) is 19.2. The van der Waals surface area contributed by atoms with E-state index >= 15 is 0 Å². The SMILES string of the molecule is O=C1c2cccc3cccc(c23)N1C[NH+]1CCN(S(=O)(=O)Cc2ccccc2)CC1. The summed E-state index contributed by atoms with van der Waals surface area (Å²) < 4.78 is 27.2. The van der Waals surface area contributed by atoms with Crippen molar-refractivity contribution in [2.75, 3.05) is 37.7 Å². The van der Waals surface area contributed by atoms with Crippen molar-refractivity contribution in [2.24, 2.45) is 0 Å². The highest BCUT2D eigenvalue weighted by atomic mass is 32.2. The third kappa shape index (κ3) is 3.39. The lowest BCUT2D eigenvalue weighted by Gasteiger charge is -2.33. The summed E-state index contributed by atoms with van der Waals surface area (Å²) in [6.07, 6.45) is 0. The molecular formula is C23H24N3O3S+. The molecule has 0 spiro atoms. The van der Waals surface area contributed by atoms with Gasteiger partial charge >= 0.3 is 0 Å². The summed E-state index contributed by atoms with van der Waals surface area (Å²) in [5, 5.41) is 2.10. The third-order valence-electron chi connectivity index (χ3n) is 6.05.